The summed E-state index contributed by atoms with van der Waals surface area (Å²) in [5.74, 6) is -1.76. The van der Waals surface area contributed by atoms with Crippen LogP contribution in [-0.2, 0) is 14.4 Å². The van der Waals surface area contributed by atoms with Crippen molar-refractivity contribution in [1.29, 1.82) is 0 Å². The molecule has 0 aromatic carbocycles. The first-order chi connectivity index (χ1) is 7.09. The monoisotopic (exact) mass is 213 g/mol. The Kier molecular flexibility index (Phi) is 4.27. The summed E-state index contributed by atoms with van der Waals surface area (Å²) in [6, 6.07) is 0. The summed E-state index contributed by atoms with van der Waals surface area (Å²) in [7, 11) is 0. The van der Waals surface area contributed by atoms with Crippen molar-refractivity contribution in [2.45, 2.75) is 32.1 Å². The fourth-order valence-corrected chi connectivity index (χ4v) is 1.63. The molecule has 0 spiro atoms. The maximum absolute atomic E-state index is 11.3. The normalized spacial score (nSPS) is 24.4. The van der Waals surface area contributed by atoms with E-state index in [-0.39, 0.29) is 24.5 Å². The van der Waals surface area contributed by atoms with Gasteiger partial charge < -0.3 is 10.4 Å². The maximum Gasteiger partial charge on any atom is 0.306 e. The topological polar surface area (TPSA) is 83.5 Å². The molecular weight excluding hydrogens is 198 g/mol. The Morgan fingerprint density at radius 1 is 1.33 bits per heavy atom. The van der Waals surface area contributed by atoms with Gasteiger partial charge in [-0.2, -0.15) is 0 Å². The van der Waals surface area contributed by atoms with Crippen LogP contribution in [-0.4, -0.2) is 29.3 Å². The van der Waals surface area contributed by atoms with Gasteiger partial charge in [-0.05, 0) is 12.8 Å². The number of nitrogens with one attached hydrogen (secondary N) is 1. The Bertz CT molecular complexity index is 275. The Hall–Kier alpha value is -1.39. The van der Waals surface area contributed by atoms with Gasteiger partial charge in [-0.15, -0.1) is 0 Å². The molecule has 1 atom stereocenters. The molecule has 1 rings (SSSR count). The third kappa shape index (κ3) is 4.10. The molecule has 1 amide bonds. The predicted molar refractivity (Wildman–Crippen MR) is 52.2 cm³/mol. The Labute approximate surface area is 87.8 Å². The van der Waals surface area contributed by atoms with Crippen molar-refractivity contribution in [3.8, 4) is 0 Å². The van der Waals surface area contributed by atoms with Crippen molar-refractivity contribution < 1.29 is 19.5 Å². The lowest BCUT2D eigenvalue weighted by Crippen LogP contribution is -2.29. The average molecular weight is 213 g/mol. The van der Waals surface area contributed by atoms with Crippen molar-refractivity contribution in [2.24, 2.45) is 5.92 Å². The molecule has 1 aliphatic heterocycles. The summed E-state index contributed by atoms with van der Waals surface area (Å²) in [5.41, 5.74) is 0. The molecule has 1 aliphatic rings. The van der Waals surface area contributed by atoms with Gasteiger partial charge in [0, 0.05) is 25.8 Å². The Balaban J connectivity index is 2.56. The minimum Gasteiger partial charge on any atom is -0.481 e. The van der Waals surface area contributed by atoms with Gasteiger partial charge >= 0.3 is 5.97 Å². The van der Waals surface area contributed by atoms with Gasteiger partial charge in [0.05, 0.1) is 5.92 Å². The zero-order chi connectivity index (χ0) is 11.3. The van der Waals surface area contributed by atoms with Gasteiger partial charge in [0.15, 0.2) is 0 Å². The summed E-state index contributed by atoms with van der Waals surface area (Å²) >= 11 is 0. The van der Waals surface area contributed by atoms with Crippen molar-refractivity contribution in [3.05, 3.63) is 0 Å². The molecule has 15 heavy (non-hydrogen) atoms. The first-order valence-corrected chi connectivity index (χ1v) is 5.11. The molecule has 1 fully saturated rings. The minimum atomic E-state index is -0.940. The molecule has 84 valence electrons. The maximum atomic E-state index is 11.3. The van der Waals surface area contributed by atoms with Gasteiger partial charge in [-0.3, -0.25) is 14.4 Å². The number of carbonyl (C=O) groups excluding carboxylic acids is 2. The van der Waals surface area contributed by atoms with E-state index in [1.165, 1.54) is 0 Å². The van der Waals surface area contributed by atoms with Crippen LogP contribution >= 0.6 is 0 Å². The van der Waals surface area contributed by atoms with Gasteiger partial charge in [-0.1, -0.05) is 0 Å². The number of aliphatic carboxylic acids is 1. The highest BCUT2D eigenvalue weighted by atomic mass is 16.4. The first kappa shape index (κ1) is 11.7. The number of rotatable bonds is 1. The van der Waals surface area contributed by atoms with Gasteiger partial charge in [0.2, 0.25) is 5.91 Å². The number of carbonyl (C=O) groups is 3. The van der Waals surface area contributed by atoms with E-state index in [9.17, 15) is 14.4 Å². The fourth-order valence-electron chi connectivity index (χ4n) is 1.63. The molecule has 0 bridgehead atoms. The Morgan fingerprint density at radius 3 is 2.73 bits per heavy atom. The number of carboxylic acids is 1. The smallest absolute Gasteiger partial charge is 0.306 e. The second-order valence-electron chi connectivity index (χ2n) is 3.77. The second-order valence-corrected chi connectivity index (χ2v) is 3.77. The number of ketones is 1. The number of hydrogen-bond acceptors (Lipinski definition) is 3. The second kappa shape index (κ2) is 5.48. The molecule has 0 aromatic heterocycles. The zero-order valence-corrected chi connectivity index (χ0v) is 8.49. The minimum absolute atomic E-state index is 0.0885. The third-order valence-electron chi connectivity index (χ3n) is 2.51. The van der Waals surface area contributed by atoms with Crippen molar-refractivity contribution >= 4 is 17.7 Å². The predicted octanol–water partition coefficient (Wildman–Crippen LogP) is 0.337. The number of Topliss-reactive ketones (excluding diaryl/α,β-unsaturated/α-hetero) is 1. The van der Waals surface area contributed by atoms with Crippen LogP contribution in [0.1, 0.15) is 32.1 Å². The molecule has 5 heteroatoms. The molecule has 0 saturated carbocycles. The summed E-state index contributed by atoms with van der Waals surface area (Å²) < 4.78 is 0. The van der Waals surface area contributed by atoms with E-state index in [2.05, 4.69) is 5.32 Å². The van der Waals surface area contributed by atoms with Crippen LogP contribution in [0.2, 0.25) is 0 Å². The summed E-state index contributed by atoms with van der Waals surface area (Å²) in [6.45, 7) is 0.323. The van der Waals surface area contributed by atoms with Gasteiger partial charge in [0.25, 0.3) is 0 Å². The van der Waals surface area contributed by atoms with Gasteiger partial charge in [0.1, 0.15) is 5.78 Å². The highest BCUT2D eigenvalue weighted by Gasteiger charge is 2.22. The molecule has 1 unspecified atom stereocenters. The fraction of sp³-hybridized carbons (Fsp3) is 0.700. The summed E-state index contributed by atoms with van der Waals surface area (Å²) in [6.07, 6.45) is 1.59. The van der Waals surface area contributed by atoms with Crippen LogP contribution in [0.15, 0.2) is 0 Å². The standard InChI is InChI=1S/C10H15NO4/c12-8-4-5-11-9(13)3-1-2-7(6-8)10(14)15/h7H,1-6H2,(H,11,13)(H,14,15). The van der Waals surface area contributed by atoms with E-state index in [4.69, 9.17) is 5.11 Å². The van der Waals surface area contributed by atoms with E-state index < -0.39 is 11.9 Å². The van der Waals surface area contributed by atoms with Crippen LogP contribution in [0.25, 0.3) is 0 Å². The summed E-state index contributed by atoms with van der Waals surface area (Å²) in [5, 5.41) is 11.5. The number of carboxylic acid groups (broad SMARTS) is 1. The Morgan fingerprint density at radius 2 is 2.07 bits per heavy atom. The van der Waals surface area contributed by atoms with E-state index in [0.717, 1.165) is 0 Å². The molecule has 1 heterocycles. The SMILES string of the molecule is O=C1CCNC(=O)CCCC(C(=O)O)C1. The van der Waals surface area contributed by atoms with Crippen molar-refractivity contribution in [3.63, 3.8) is 0 Å². The van der Waals surface area contributed by atoms with Crippen molar-refractivity contribution in [2.75, 3.05) is 6.54 Å². The number of hydrogen-bond donors (Lipinski definition) is 2. The van der Waals surface area contributed by atoms with Crippen LogP contribution in [0.5, 0.6) is 0 Å². The molecule has 5 nitrogen and oxygen atoms in total. The lowest BCUT2D eigenvalue weighted by atomic mass is 9.94. The molecule has 1 saturated heterocycles. The van der Waals surface area contributed by atoms with Crippen LogP contribution in [0, 0.1) is 5.92 Å². The van der Waals surface area contributed by atoms with E-state index in [0.29, 0.717) is 25.8 Å². The van der Waals surface area contributed by atoms with E-state index in [1.807, 2.05) is 0 Å². The highest BCUT2D eigenvalue weighted by Crippen LogP contribution is 2.15. The summed E-state index contributed by atoms with van der Waals surface area (Å²) in [4.78, 5) is 33.2. The van der Waals surface area contributed by atoms with Crippen LogP contribution in [0.4, 0.5) is 0 Å². The van der Waals surface area contributed by atoms with Crippen molar-refractivity contribution in [1.82, 2.24) is 5.32 Å². The quantitative estimate of drug-likeness (QED) is 0.657. The van der Waals surface area contributed by atoms with Crippen LogP contribution in [0.3, 0.4) is 0 Å². The molecule has 0 aliphatic carbocycles. The van der Waals surface area contributed by atoms with E-state index in [1.54, 1.807) is 0 Å². The zero-order valence-electron chi connectivity index (χ0n) is 8.49. The van der Waals surface area contributed by atoms with Crippen LogP contribution < -0.4 is 5.32 Å². The third-order valence-corrected chi connectivity index (χ3v) is 2.51. The molecule has 0 aromatic rings. The largest absolute Gasteiger partial charge is 0.481 e. The average Bonchev–Trinajstić information content (AvgIpc) is 2.16. The number of amides is 1. The van der Waals surface area contributed by atoms with Gasteiger partial charge in [-0.25, -0.2) is 0 Å². The lowest BCUT2D eigenvalue weighted by molar-refractivity contribution is -0.144. The highest BCUT2D eigenvalue weighted by molar-refractivity contribution is 5.85. The lowest BCUT2D eigenvalue weighted by Gasteiger charge is -2.13. The molecular formula is C10H15NO4. The molecule has 0 radical (unpaired) electrons. The van der Waals surface area contributed by atoms with E-state index >= 15 is 0 Å². The molecule has 2 N–H and O–H groups in total. The first-order valence-electron chi connectivity index (χ1n) is 5.11.